The minimum absolute atomic E-state index is 0. The molecule has 0 amide bonds. The van der Waals surface area contributed by atoms with Gasteiger partial charge in [-0.1, -0.05) is 45.9 Å². The van der Waals surface area contributed by atoms with Gasteiger partial charge < -0.3 is 0 Å². The maximum absolute atomic E-state index is 4.59. The molecule has 0 aliphatic carbocycles. The Bertz CT molecular complexity index is 1040. The summed E-state index contributed by atoms with van der Waals surface area (Å²) in [6, 6.07) is 13.9. The molecular formula is C21H21IrN4S-. The number of benzene rings is 2. The summed E-state index contributed by atoms with van der Waals surface area (Å²) >= 11 is 1.63. The van der Waals surface area contributed by atoms with Crippen molar-refractivity contribution in [3.8, 4) is 17.1 Å². The van der Waals surface area contributed by atoms with Crippen molar-refractivity contribution < 1.29 is 20.1 Å². The minimum atomic E-state index is 0. The van der Waals surface area contributed by atoms with Gasteiger partial charge in [-0.2, -0.15) is 5.10 Å². The Labute approximate surface area is 177 Å². The number of aromatic nitrogens is 4. The Morgan fingerprint density at radius 1 is 1.04 bits per heavy atom. The van der Waals surface area contributed by atoms with E-state index >= 15 is 0 Å². The fourth-order valence-electron chi connectivity index (χ4n) is 3.27. The zero-order chi connectivity index (χ0) is 18.3. The van der Waals surface area contributed by atoms with Crippen LogP contribution in [0.15, 0.2) is 42.2 Å². The van der Waals surface area contributed by atoms with Crippen LogP contribution in [0.2, 0.25) is 0 Å². The first-order valence-electron chi connectivity index (χ1n) is 8.84. The van der Waals surface area contributed by atoms with Crippen LogP contribution in [-0.2, 0) is 20.1 Å². The Kier molecular flexibility index (Phi) is 5.89. The molecule has 141 valence electrons. The topological polar surface area (TPSA) is 43.6 Å². The summed E-state index contributed by atoms with van der Waals surface area (Å²) in [5, 5.41) is 4.59. The van der Waals surface area contributed by atoms with Gasteiger partial charge in [0.15, 0.2) is 0 Å². The normalized spacial score (nSPS) is 11.3. The van der Waals surface area contributed by atoms with Crippen molar-refractivity contribution in [2.45, 2.75) is 39.5 Å². The summed E-state index contributed by atoms with van der Waals surface area (Å²) < 4.78 is 3.11. The number of hydrogen-bond acceptors (Lipinski definition) is 4. The van der Waals surface area contributed by atoms with E-state index in [2.05, 4.69) is 73.1 Å². The molecule has 0 saturated heterocycles. The molecule has 0 aliphatic heterocycles. The Morgan fingerprint density at radius 2 is 1.74 bits per heavy atom. The number of fused-ring (bicyclic) bond motifs is 1. The molecule has 1 radical (unpaired) electrons. The second-order valence-corrected chi connectivity index (χ2v) is 7.92. The first-order valence-corrected chi connectivity index (χ1v) is 9.72. The fraction of sp³-hybridized carbons (Fsp3) is 0.286. The van der Waals surface area contributed by atoms with Crippen LogP contribution in [0.4, 0.5) is 0 Å². The number of nitrogens with zero attached hydrogens (tertiary/aromatic N) is 4. The summed E-state index contributed by atoms with van der Waals surface area (Å²) in [6.45, 7) is 8.87. The molecule has 27 heavy (non-hydrogen) atoms. The van der Waals surface area contributed by atoms with Crippen LogP contribution in [0.1, 0.15) is 50.7 Å². The molecule has 2 aromatic heterocycles. The first-order chi connectivity index (χ1) is 12.6. The van der Waals surface area contributed by atoms with Gasteiger partial charge in [0.1, 0.15) is 6.33 Å². The summed E-state index contributed by atoms with van der Waals surface area (Å²) in [6.07, 6.45) is 1.63. The average Bonchev–Trinajstić information content (AvgIpc) is 3.29. The van der Waals surface area contributed by atoms with Crippen LogP contribution < -0.4 is 0 Å². The minimum Gasteiger partial charge on any atom is -0.293 e. The molecule has 4 rings (SSSR count). The molecule has 0 aliphatic rings. The molecule has 2 heterocycles. The average molecular weight is 554 g/mol. The second kappa shape index (κ2) is 8.01. The van der Waals surface area contributed by atoms with E-state index in [0.29, 0.717) is 11.8 Å². The van der Waals surface area contributed by atoms with Crippen molar-refractivity contribution in [2.24, 2.45) is 0 Å². The van der Waals surface area contributed by atoms with Crippen LogP contribution in [0.25, 0.3) is 27.3 Å². The van der Waals surface area contributed by atoms with E-state index in [-0.39, 0.29) is 20.1 Å². The maximum atomic E-state index is 4.59. The van der Waals surface area contributed by atoms with Crippen LogP contribution in [-0.4, -0.2) is 19.7 Å². The molecule has 0 N–H and O–H groups in total. The molecule has 0 spiro atoms. The van der Waals surface area contributed by atoms with Crippen molar-refractivity contribution in [1.82, 2.24) is 19.7 Å². The zero-order valence-electron chi connectivity index (χ0n) is 15.7. The summed E-state index contributed by atoms with van der Waals surface area (Å²) in [7, 11) is 0. The monoisotopic (exact) mass is 554 g/mol. The fourth-order valence-corrected chi connectivity index (χ4v) is 3.97. The van der Waals surface area contributed by atoms with Gasteiger partial charge in [-0.15, -0.1) is 35.1 Å². The van der Waals surface area contributed by atoms with E-state index in [9.17, 15) is 0 Å². The summed E-state index contributed by atoms with van der Waals surface area (Å²) in [5.41, 5.74) is 7.46. The quantitative estimate of drug-likeness (QED) is 0.310. The molecular weight excluding hydrogens is 533 g/mol. The van der Waals surface area contributed by atoms with Gasteiger partial charge in [-0.3, -0.25) is 14.6 Å². The van der Waals surface area contributed by atoms with E-state index < -0.39 is 0 Å². The van der Waals surface area contributed by atoms with Gasteiger partial charge in [0.05, 0.1) is 17.0 Å². The molecule has 6 heteroatoms. The van der Waals surface area contributed by atoms with Gasteiger partial charge in [0.25, 0.3) is 0 Å². The molecule has 0 atom stereocenters. The molecule has 0 unspecified atom stereocenters. The molecule has 4 nitrogen and oxygen atoms in total. The number of rotatable bonds is 4. The molecule has 2 aromatic carbocycles. The molecule has 0 fully saturated rings. The van der Waals surface area contributed by atoms with Gasteiger partial charge in [0, 0.05) is 20.1 Å². The number of para-hydroxylation sites is 1. The van der Waals surface area contributed by atoms with E-state index in [1.165, 1.54) is 11.1 Å². The predicted octanol–water partition coefficient (Wildman–Crippen LogP) is 5.59. The van der Waals surface area contributed by atoms with Crippen LogP contribution in [0.3, 0.4) is 0 Å². The van der Waals surface area contributed by atoms with Crippen molar-refractivity contribution in [3.05, 3.63) is 59.4 Å². The van der Waals surface area contributed by atoms with Crippen molar-refractivity contribution in [3.63, 3.8) is 0 Å². The van der Waals surface area contributed by atoms with Crippen molar-refractivity contribution in [2.75, 3.05) is 0 Å². The second-order valence-electron chi connectivity index (χ2n) is 7.04. The largest absolute Gasteiger partial charge is 0.293 e. The van der Waals surface area contributed by atoms with Gasteiger partial charge in [-0.05, 0) is 33.2 Å². The predicted molar refractivity (Wildman–Crippen MR) is 107 cm³/mol. The maximum Gasteiger partial charge on any atom is 0.127 e. The van der Waals surface area contributed by atoms with Crippen LogP contribution >= 0.6 is 11.3 Å². The van der Waals surface area contributed by atoms with Crippen LogP contribution in [0.5, 0.6) is 0 Å². The number of hydrogen-bond donors (Lipinski definition) is 0. The van der Waals surface area contributed by atoms with E-state index in [4.69, 9.17) is 0 Å². The molecule has 0 bridgehead atoms. The SMILES string of the molecule is CC(C)c1cccc(C(C)C)c1-n1ncnc1-c1[c-]cc2ncsc2c1.[Ir]. The standard InChI is InChI=1S/C21H21N4S.Ir/c1-13(2)16-6-5-7-17(14(3)4)20(16)25-21(22-11-24-25)15-8-9-18-19(10-15)26-12-23-18;/h5-7,9-14H,1-4H3;/q-1;. The molecule has 4 aromatic rings. The smallest absolute Gasteiger partial charge is 0.127 e. The van der Waals surface area contributed by atoms with Gasteiger partial charge >= 0.3 is 0 Å². The summed E-state index contributed by atoms with van der Waals surface area (Å²) in [5.74, 6) is 1.61. The van der Waals surface area contributed by atoms with Crippen molar-refractivity contribution >= 4 is 21.6 Å². The van der Waals surface area contributed by atoms with Crippen molar-refractivity contribution in [1.29, 1.82) is 0 Å². The van der Waals surface area contributed by atoms with Gasteiger partial charge in [-0.25, -0.2) is 0 Å². The Hall–Kier alpha value is -1.88. The Balaban J connectivity index is 0.00000210. The third-order valence-corrected chi connectivity index (χ3v) is 5.40. The van der Waals surface area contributed by atoms with E-state index in [0.717, 1.165) is 27.3 Å². The van der Waals surface area contributed by atoms with E-state index in [1.54, 1.807) is 17.7 Å². The van der Waals surface area contributed by atoms with E-state index in [1.807, 2.05) is 16.3 Å². The van der Waals surface area contributed by atoms with Crippen LogP contribution in [0, 0.1) is 6.07 Å². The third-order valence-electron chi connectivity index (χ3n) is 4.61. The zero-order valence-corrected chi connectivity index (χ0v) is 18.9. The van der Waals surface area contributed by atoms with Gasteiger partial charge in [0.2, 0.25) is 0 Å². The molecule has 0 saturated carbocycles. The first kappa shape index (κ1) is 19.9. The Morgan fingerprint density at radius 3 is 2.41 bits per heavy atom. The third kappa shape index (κ3) is 3.62. The summed E-state index contributed by atoms with van der Waals surface area (Å²) in [4.78, 5) is 8.90. The number of thiazole rings is 1.